The Labute approximate surface area is 123 Å². The summed E-state index contributed by atoms with van der Waals surface area (Å²) in [6.45, 7) is 2.66. The highest BCUT2D eigenvalue weighted by atomic mass is 16.5. The second-order valence-electron chi connectivity index (χ2n) is 5.41. The van der Waals surface area contributed by atoms with Gasteiger partial charge in [0.1, 0.15) is 0 Å². The number of pyridine rings is 1. The molecule has 1 aromatic heterocycles. The van der Waals surface area contributed by atoms with Crippen molar-refractivity contribution in [1.29, 1.82) is 0 Å². The molecule has 0 saturated carbocycles. The average Bonchev–Trinajstić information content (AvgIpc) is 2.53. The quantitative estimate of drug-likeness (QED) is 0.896. The number of fused-ring (bicyclic) bond motifs is 1. The lowest BCUT2D eigenvalue weighted by Gasteiger charge is -2.22. The molecule has 1 atom stereocenters. The molecular weight excluding hydrogens is 266 g/mol. The number of para-hydroxylation sites is 1. The van der Waals surface area contributed by atoms with Gasteiger partial charge >= 0.3 is 0 Å². The lowest BCUT2D eigenvalue weighted by molar-refractivity contribution is 0.100. The van der Waals surface area contributed by atoms with Crippen LogP contribution in [0.1, 0.15) is 23.2 Å². The van der Waals surface area contributed by atoms with Crippen molar-refractivity contribution in [3.8, 4) is 5.88 Å². The molecule has 5 nitrogen and oxygen atoms in total. The monoisotopic (exact) mass is 285 g/mol. The van der Waals surface area contributed by atoms with Crippen molar-refractivity contribution in [3.63, 3.8) is 0 Å². The summed E-state index contributed by atoms with van der Waals surface area (Å²) in [4.78, 5) is 16.1. The molecule has 3 rings (SSSR count). The van der Waals surface area contributed by atoms with Crippen LogP contribution in [0, 0.1) is 5.92 Å². The summed E-state index contributed by atoms with van der Waals surface area (Å²) < 4.78 is 5.79. The van der Waals surface area contributed by atoms with Crippen molar-refractivity contribution in [2.75, 3.05) is 19.7 Å². The summed E-state index contributed by atoms with van der Waals surface area (Å²) in [6.07, 6.45) is 2.33. The molecule has 0 aliphatic carbocycles. The minimum absolute atomic E-state index is 0.456. The molecular formula is C16H19N3O2. The van der Waals surface area contributed by atoms with Crippen molar-refractivity contribution in [3.05, 3.63) is 35.9 Å². The molecule has 21 heavy (non-hydrogen) atoms. The SMILES string of the molecule is NC(=O)c1cc(OCC2CCCNC2)nc2ccccc12. The maximum atomic E-state index is 11.6. The Morgan fingerprint density at radius 3 is 3.05 bits per heavy atom. The van der Waals surface area contributed by atoms with Crippen LogP contribution in [-0.4, -0.2) is 30.6 Å². The lowest BCUT2D eigenvalue weighted by Crippen LogP contribution is -2.33. The van der Waals surface area contributed by atoms with Crippen molar-refractivity contribution in [2.24, 2.45) is 11.7 Å². The first kappa shape index (κ1) is 13.8. The van der Waals surface area contributed by atoms with Gasteiger partial charge in [0.15, 0.2) is 0 Å². The number of aromatic nitrogens is 1. The van der Waals surface area contributed by atoms with Gasteiger partial charge in [-0.25, -0.2) is 4.98 Å². The van der Waals surface area contributed by atoms with E-state index < -0.39 is 5.91 Å². The van der Waals surface area contributed by atoms with E-state index in [1.54, 1.807) is 6.07 Å². The fourth-order valence-electron chi connectivity index (χ4n) is 2.70. The molecule has 1 amide bonds. The number of hydrogen-bond donors (Lipinski definition) is 2. The van der Waals surface area contributed by atoms with Crippen LogP contribution in [0.5, 0.6) is 5.88 Å². The Kier molecular flexibility index (Phi) is 4.01. The number of carbonyl (C=O) groups excluding carboxylic acids is 1. The lowest BCUT2D eigenvalue weighted by atomic mass is 10.0. The van der Waals surface area contributed by atoms with Gasteiger partial charge in [-0.2, -0.15) is 0 Å². The third kappa shape index (κ3) is 3.13. The normalized spacial score (nSPS) is 18.6. The predicted octanol–water partition coefficient (Wildman–Crippen LogP) is 1.71. The Hall–Kier alpha value is -2.14. The summed E-state index contributed by atoms with van der Waals surface area (Å²) in [7, 11) is 0. The van der Waals surface area contributed by atoms with Gasteiger partial charge < -0.3 is 15.8 Å². The first-order valence-corrected chi connectivity index (χ1v) is 7.27. The summed E-state index contributed by atoms with van der Waals surface area (Å²) in [6, 6.07) is 9.09. The number of benzene rings is 1. The number of hydrogen-bond acceptors (Lipinski definition) is 4. The minimum atomic E-state index is -0.460. The molecule has 0 radical (unpaired) electrons. The van der Waals surface area contributed by atoms with E-state index in [2.05, 4.69) is 10.3 Å². The van der Waals surface area contributed by atoms with E-state index in [1.807, 2.05) is 24.3 Å². The van der Waals surface area contributed by atoms with Gasteiger partial charge in [0.25, 0.3) is 0 Å². The highest BCUT2D eigenvalue weighted by Gasteiger charge is 2.15. The zero-order valence-electron chi connectivity index (χ0n) is 11.8. The van der Waals surface area contributed by atoms with E-state index in [4.69, 9.17) is 10.5 Å². The van der Waals surface area contributed by atoms with E-state index in [1.165, 1.54) is 6.42 Å². The fourth-order valence-corrected chi connectivity index (χ4v) is 2.70. The molecule has 1 fully saturated rings. The predicted molar refractivity (Wildman–Crippen MR) is 81.3 cm³/mol. The Morgan fingerprint density at radius 1 is 1.43 bits per heavy atom. The molecule has 1 aliphatic heterocycles. The molecule has 1 aromatic carbocycles. The number of amides is 1. The van der Waals surface area contributed by atoms with Crippen LogP contribution in [-0.2, 0) is 0 Å². The van der Waals surface area contributed by atoms with Crippen LogP contribution in [0.3, 0.4) is 0 Å². The molecule has 2 aromatic rings. The fraction of sp³-hybridized carbons (Fsp3) is 0.375. The van der Waals surface area contributed by atoms with E-state index >= 15 is 0 Å². The highest BCUT2D eigenvalue weighted by Crippen LogP contribution is 2.22. The first-order chi connectivity index (χ1) is 10.2. The minimum Gasteiger partial charge on any atom is -0.477 e. The molecule has 5 heteroatoms. The third-order valence-electron chi connectivity index (χ3n) is 3.82. The average molecular weight is 285 g/mol. The van der Waals surface area contributed by atoms with E-state index in [9.17, 15) is 4.79 Å². The Morgan fingerprint density at radius 2 is 2.29 bits per heavy atom. The van der Waals surface area contributed by atoms with Crippen molar-refractivity contribution < 1.29 is 9.53 Å². The van der Waals surface area contributed by atoms with Crippen LogP contribution >= 0.6 is 0 Å². The summed E-state index contributed by atoms with van der Waals surface area (Å²) in [5.74, 6) is 0.495. The number of primary amides is 1. The van der Waals surface area contributed by atoms with Gasteiger partial charge in [0, 0.05) is 23.9 Å². The smallest absolute Gasteiger partial charge is 0.249 e. The number of carbonyl (C=O) groups is 1. The summed E-state index contributed by atoms with van der Waals surface area (Å²) >= 11 is 0. The number of ether oxygens (including phenoxy) is 1. The number of piperidine rings is 1. The molecule has 1 unspecified atom stereocenters. The molecule has 0 spiro atoms. The first-order valence-electron chi connectivity index (χ1n) is 7.27. The molecule has 0 bridgehead atoms. The largest absolute Gasteiger partial charge is 0.477 e. The maximum Gasteiger partial charge on any atom is 0.249 e. The van der Waals surface area contributed by atoms with Crippen molar-refractivity contribution >= 4 is 16.8 Å². The van der Waals surface area contributed by atoms with Crippen LogP contribution in [0.2, 0.25) is 0 Å². The number of rotatable bonds is 4. The van der Waals surface area contributed by atoms with Gasteiger partial charge in [-0.1, -0.05) is 18.2 Å². The molecule has 110 valence electrons. The number of nitrogens with two attached hydrogens (primary N) is 1. The van der Waals surface area contributed by atoms with Crippen LogP contribution in [0.15, 0.2) is 30.3 Å². The van der Waals surface area contributed by atoms with Crippen LogP contribution < -0.4 is 15.8 Å². The molecule has 3 N–H and O–H groups in total. The second-order valence-corrected chi connectivity index (χ2v) is 5.41. The third-order valence-corrected chi connectivity index (χ3v) is 3.82. The Bertz CT molecular complexity index is 651. The van der Waals surface area contributed by atoms with Gasteiger partial charge in [-0.05, 0) is 25.5 Å². The van der Waals surface area contributed by atoms with E-state index in [0.717, 1.165) is 30.4 Å². The number of nitrogens with zero attached hydrogens (tertiary/aromatic N) is 1. The van der Waals surface area contributed by atoms with Crippen molar-refractivity contribution in [1.82, 2.24) is 10.3 Å². The summed E-state index contributed by atoms with van der Waals surface area (Å²) in [5.41, 5.74) is 6.64. The maximum absolute atomic E-state index is 11.6. The second kappa shape index (κ2) is 6.10. The van der Waals surface area contributed by atoms with E-state index in [0.29, 0.717) is 24.0 Å². The van der Waals surface area contributed by atoms with Gasteiger partial charge in [0.05, 0.1) is 17.7 Å². The molecule has 1 saturated heterocycles. The van der Waals surface area contributed by atoms with Crippen LogP contribution in [0.4, 0.5) is 0 Å². The van der Waals surface area contributed by atoms with Gasteiger partial charge in [0.2, 0.25) is 11.8 Å². The molecule has 2 heterocycles. The Balaban J connectivity index is 1.83. The van der Waals surface area contributed by atoms with Crippen LogP contribution in [0.25, 0.3) is 10.9 Å². The highest BCUT2D eigenvalue weighted by molar-refractivity contribution is 6.05. The van der Waals surface area contributed by atoms with Gasteiger partial charge in [-0.15, -0.1) is 0 Å². The molecule has 1 aliphatic rings. The van der Waals surface area contributed by atoms with Crippen molar-refractivity contribution in [2.45, 2.75) is 12.8 Å². The standard InChI is InChI=1S/C16H19N3O2/c17-16(20)13-8-15(19-14-6-2-1-5-12(13)14)21-10-11-4-3-7-18-9-11/h1-2,5-6,8,11,18H,3-4,7,9-10H2,(H2,17,20). The number of nitrogens with one attached hydrogen (secondary N) is 1. The summed E-state index contributed by atoms with van der Waals surface area (Å²) in [5, 5.41) is 4.12. The van der Waals surface area contributed by atoms with Gasteiger partial charge in [-0.3, -0.25) is 4.79 Å². The van der Waals surface area contributed by atoms with E-state index in [-0.39, 0.29) is 0 Å². The zero-order valence-corrected chi connectivity index (χ0v) is 11.8. The topological polar surface area (TPSA) is 77.2 Å². The zero-order chi connectivity index (χ0) is 14.7.